The Kier molecular flexibility index (Phi) is 7.80. The number of aromatic nitrogens is 1. The smallest absolute Gasteiger partial charge is 0.240 e. The predicted molar refractivity (Wildman–Crippen MR) is 133 cm³/mol. The van der Waals surface area contributed by atoms with Gasteiger partial charge in [-0.05, 0) is 87.1 Å². The lowest BCUT2D eigenvalue weighted by atomic mass is 9.85. The van der Waals surface area contributed by atoms with Crippen molar-refractivity contribution in [2.45, 2.75) is 56.5 Å². The average molecular weight is 514 g/mol. The van der Waals surface area contributed by atoms with E-state index in [9.17, 15) is 22.0 Å². The van der Waals surface area contributed by atoms with E-state index in [1.165, 1.54) is 24.3 Å². The molecule has 4 rings (SSSR count). The van der Waals surface area contributed by atoms with Gasteiger partial charge in [0, 0.05) is 29.4 Å². The zero-order valence-corrected chi connectivity index (χ0v) is 21.0. The minimum Gasteiger partial charge on any atom is -0.349 e. The SMILES string of the molecule is Cc1cc(-c2ccc(S(=O)(=O)NC3CCC(C(=O)NC(C)c4ccc(F)cc4)CC3)cc2F)ccn1. The molecular formula is C27H29F2N3O3S. The molecule has 190 valence electrons. The monoisotopic (exact) mass is 513 g/mol. The van der Waals surface area contributed by atoms with Gasteiger partial charge in [-0.3, -0.25) is 9.78 Å². The Morgan fingerprint density at radius 3 is 2.33 bits per heavy atom. The highest BCUT2D eigenvalue weighted by molar-refractivity contribution is 7.89. The van der Waals surface area contributed by atoms with Crippen molar-refractivity contribution in [2.75, 3.05) is 0 Å². The summed E-state index contributed by atoms with van der Waals surface area (Å²) >= 11 is 0. The maximum absolute atomic E-state index is 14.8. The molecule has 1 aliphatic rings. The van der Waals surface area contributed by atoms with Crippen LogP contribution in [0.2, 0.25) is 0 Å². The van der Waals surface area contributed by atoms with Crippen LogP contribution in [0.5, 0.6) is 0 Å². The quantitative estimate of drug-likeness (QED) is 0.463. The van der Waals surface area contributed by atoms with Crippen LogP contribution in [0, 0.1) is 24.5 Å². The molecule has 3 aromatic rings. The highest BCUT2D eigenvalue weighted by Gasteiger charge is 2.30. The average Bonchev–Trinajstić information content (AvgIpc) is 2.84. The lowest BCUT2D eigenvalue weighted by molar-refractivity contribution is -0.126. The first-order valence-corrected chi connectivity index (χ1v) is 13.4. The van der Waals surface area contributed by atoms with Crippen LogP contribution in [0.3, 0.4) is 0 Å². The van der Waals surface area contributed by atoms with Crippen molar-refractivity contribution >= 4 is 15.9 Å². The van der Waals surface area contributed by atoms with E-state index in [1.807, 2.05) is 6.92 Å². The first-order chi connectivity index (χ1) is 17.1. The lowest BCUT2D eigenvalue weighted by Gasteiger charge is -2.29. The highest BCUT2D eigenvalue weighted by Crippen LogP contribution is 2.28. The van der Waals surface area contributed by atoms with Crippen LogP contribution < -0.4 is 10.0 Å². The van der Waals surface area contributed by atoms with Crippen LogP contribution in [0.1, 0.15) is 49.9 Å². The Morgan fingerprint density at radius 2 is 1.69 bits per heavy atom. The summed E-state index contributed by atoms with van der Waals surface area (Å²) in [5.41, 5.74) is 2.48. The molecule has 1 aromatic heterocycles. The minimum atomic E-state index is -3.92. The van der Waals surface area contributed by atoms with Crippen LogP contribution in [0.4, 0.5) is 8.78 Å². The number of benzene rings is 2. The second-order valence-corrected chi connectivity index (χ2v) is 11.0. The van der Waals surface area contributed by atoms with Crippen LogP contribution in [-0.2, 0) is 14.8 Å². The van der Waals surface area contributed by atoms with Crippen LogP contribution in [-0.4, -0.2) is 25.4 Å². The van der Waals surface area contributed by atoms with Gasteiger partial charge in [0.25, 0.3) is 0 Å². The lowest BCUT2D eigenvalue weighted by Crippen LogP contribution is -2.41. The van der Waals surface area contributed by atoms with Gasteiger partial charge in [-0.15, -0.1) is 0 Å². The van der Waals surface area contributed by atoms with E-state index in [-0.39, 0.29) is 34.6 Å². The Morgan fingerprint density at radius 1 is 1.00 bits per heavy atom. The molecule has 9 heteroatoms. The van der Waals surface area contributed by atoms with Crippen molar-refractivity contribution in [3.8, 4) is 11.1 Å². The molecule has 2 aromatic carbocycles. The molecule has 1 heterocycles. The first-order valence-electron chi connectivity index (χ1n) is 11.9. The molecule has 36 heavy (non-hydrogen) atoms. The number of sulfonamides is 1. The molecule has 0 radical (unpaired) electrons. The van der Waals surface area contributed by atoms with Crippen LogP contribution in [0.15, 0.2) is 65.7 Å². The van der Waals surface area contributed by atoms with Gasteiger partial charge in [-0.25, -0.2) is 21.9 Å². The number of hydrogen-bond acceptors (Lipinski definition) is 4. The van der Waals surface area contributed by atoms with Gasteiger partial charge < -0.3 is 5.32 Å². The van der Waals surface area contributed by atoms with E-state index in [2.05, 4.69) is 15.0 Å². The Labute approximate surface area is 210 Å². The summed E-state index contributed by atoms with van der Waals surface area (Å²) in [5, 5.41) is 2.96. The molecule has 1 amide bonds. The highest BCUT2D eigenvalue weighted by atomic mass is 32.2. The number of halogens is 2. The Bertz CT molecular complexity index is 1340. The maximum atomic E-state index is 14.8. The van der Waals surface area contributed by atoms with E-state index in [0.29, 0.717) is 36.8 Å². The zero-order valence-electron chi connectivity index (χ0n) is 20.2. The number of nitrogens with one attached hydrogen (secondary N) is 2. The second-order valence-electron chi connectivity index (χ2n) is 9.28. The van der Waals surface area contributed by atoms with Crippen molar-refractivity contribution in [1.82, 2.24) is 15.0 Å². The summed E-state index contributed by atoms with van der Waals surface area (Å²) in [4.78, 5) is 16.7. The number of carbonyl (C=O) groups excluding carboxylic acids is 1. The number of hydrogen-bond donors (Lipinski definition) is 2. The number of aryl methyl sites for hydroxylation is 1. The number of pyridine rings is 1. The fourth-order valence-electron chi connectivity index (χ4n) is 4.54. The number of rotatable bonds is 7. The third-order valence-electron chi connectivity index (χ3n) is 6.61. The molecule has 1 aliphatic carbocycles. The molecule has 0 aliphatic heterocycles. The summed E-state index contributed by atoms with van der Waals surface area (Å²) in [5.74, 6) is -1.29. The number of carbonyl (C=O) groups is 1. The van der Waals surface area contributed by atoms with Crippen molar-refractivity contribution in [2.24, 2.45) is 5.92 Å². The van der Waals surface area contributed by atoms with Gasteiger partial charge in [0.15, 0.2) is 0 Å². The molecule has 6 nitrogen and oxygen atoms in total. The second kappa shape index (κ2) is 10.8. The van der Waals surface area contributed by atoms with Gasteiger partial charge in [0.1, 0.15) is 11.6 Å². The van der Waals surface area contributed by atoms with Crippen molar-refractivity contribution < 1.29 is 22.0 Å². The van der Waals surface area contributed by atoms with Gasteiger partial charge in [-0.2, -0.15) is 0 Å². The van der Waals surface area contributed by atoms with Gasteiger partial charge in [0.05, 0.1) is 10.9 Å². The Balaban J connectivity index is 1.34. The normalized spacial score (nSPS) is 19.0. The van der Waals surface area contributed by atoms with E-state index in [1.54, 1.807) is 37.4 Å². The van der Waals surface area contributed by atoms with Gasteiger partial charge >= 0.3 is 0 Å². The molecule has 0 bridgehead atoms. The summed E-state index contributed by atoms with van der Waals surface area (Å²) in [6.07, 6.45) is 3.64. The van der Waals surface area contributed by atoms with E-state index in [0.717, 1.165) is 17.3 Å². The van der Waals surface area contributed by atoms with E-state index < -0.39 is 15.8 Å². The fraction of sp³-hybridized carbons (Fsp3) is 0.333. The van der Waals surface area contributed by atoms with E-state index >= 15 is 0 Å². The standard InChI is InChI=1S/C27H29F2N3O3S/c1-17-15-21(13-14-30-17)25-12-11-24(16-26(25)29)36(34,35)32-23-9-5-20(6-10-23)27(33)31-18(2)19-3-7-22(28)8-4-19/h3-4,7-8,11-16,18,20,23,32H,5-6,9-10H2,1-2H3,(H,31,33). The third-order valence-corrected chi connectivity index (χ3v) is 8.13. The Hall–Kier alpha value is -3.17. The van der Waals surface area contributed by atoms with E-state index in [4.69, 9.17) is 0 Å². The molecule has 1 atom stereocenters. The number of nitrogens with zero attached hydrogens (tertiary/aromatic N) is 1. The summed E-state index contributed by atoms with van der Waals surface area (Å²) in [6, 6.07) is 12.7. The topological polar surface area (TPSA) is 88.2 Å². The summed E-state index contributed by atoms with van der Waals surface area (Å²) < 4.78 is 56.4. The first kappa shape index (κ1) is 25.9. The van der Waals surface area contributed by atoms with Crippen molar-refractivity contribution in [1.29, 1.82) is 0 Å². The molecule has 2 N–H and O–H groups in total. The largest absolute Gasteiger partial charge is 0.349 e. The van der Waals surface area contributed by atoms with Crippen molar-refractivity contribution in [3.63, 3.8) is 0 Å². The van der Waals surface area contributed by atoms with Crippen LogP contribution in [0.25, 0.3) is 11.1 Å². The summed E-state index contributed by atoms with van der Waals surface area (Å²) in [6.45, 7) is 3.64. The summed E-state index contributed by atoms with van der Waals surface area (Å²) in [7, 11) is -3.92. The fourth-order valence-corrected chi connectivity index (χ4v) is 5.85. The zero-order chi connectivity index (χ0) is 25.9. The molecule has 0 saturated heterocycles. The molecule has 1 saturated carbocycles. The molecule has 0 spiro atoms. The molecule has 1 fully saturated rings. The van der Waals surface area contributed by atoms with Crippen molar-refractivity contribution in [3.05, 3.63) is 83.7 Å². The van der Waals surface area contributed by atoms with Crippen LogP contribution >= 0.6 is 0 Å². The predicted octanol–water partition coefficient (Wildman–Crippen LogP) is 5.05. The van der Waals surface area contributed by atoms with Gasteiger partial charge in [-0.1, -0.05) is 18.2 Å². The molecular weight excluding hydrogens is 484 g/mol. The van der Waals surface area contributed by atoms with Gasteiger partial charge in [0.2, 0.25) is 15.9 Å². The third kappa shape index (κ3) is 6.14. The minimum absolute atomic E-state index is 0.0999. The number of amides is 1. The molecule has 1 unspecified atom stereocenters. The maximum Gasteiger partial charge on any atom is 0.240 e.